The fraction of sp³-hybridized carbons (Fsp3) is 0.842. The van der Waals surface area contributed by atoms with Crippen molar-refractivity contribution in [2.45, 2.75) is 73.9 Å². The Hall–Kier alpha value is 0.0400. The molecule has 0 saturated carbocycles. The van der Waals surface area contributed by atoms with Gasteiger partial charge < -0.3 is 0 Å². The van der Waals surface area contributed by atoms with Crippen LogP contribution in [0, 0.1) is 23.7 Å². The average Bonchev–Trinajstić information content (AvgIpc) is 2.43. The quantitative estimate of drug-likeness (QED) is 0.363. The smallest absolute Gasteiger partial charge is 0.00599 e. The minimum atomic E-state index is -0.414. The fourth-order valence-corrected chi connectivity index (χ4v) is 5.54. The Balaban J connectivity index is 5.25. The molecule has 0 fully saturated rings. The molecule has 0 aliphatic heterocycles. The van der Waals surface area contributed by atoms with Crippen LogP contribution < -0.4 is 0 Å². The van der Waals surface area contributed by atoms with Crippen LogP contribution >= 0.6 is 7.55 Å². The Morgan fingerprint density at radius 2 is 1.60 bits per heavy atom. The molecule has 0 bridgehead atoms. The molecule has 5 unspecified atom stereocenters. The molecule has 5 atom stereocenters. The average molecular weight is 298 g/mol. The molecular formula is C19H39P. The lowest BCUT2D eigenvalue weighted by Gasteiger charge is -2.31. The Morgan fingerprint density at radius 3 is 1.95 bits per heavy atom. The summed E-state index contributed by atoms with van der Waals surface area (Å²) in [5.41, 5.74) is 2.43. The number of hydrogen-bond acceptors (Lipinski definition) is 0. The molecule has 0 N–H and O–H groups in total. The molecule has 0 spiro atoms. The van der Waals surface area contributed by atoms with Crippen molar-refractivity contribution in [3.8, 4) is 0 Å². The summed E-state index contributed by atoms with van der Waals surface area (Å²) in [6.45, 7) is 21.4. The van der Waals surface area contributed by atoms with Crippen molar-refractivity contribution in [3.05, 3.63) is 11.6 Å². The van der Waals surface area contributed by atoms with Gasteiger partial charge in [0.2, 0.25) is 0 Å². The van der Waals surface area contributed by atoms with Crippen molar-refractivity contribution >= 4 is 13.3 Å². The van der Waals surface area contributed by atoms with E-state index < -0.39 is 7.55 Å². The van der Waals surface area contributed by atoms with Crippen LogP contribution in [0.25, 0.3) is 0 Å². The van der Waals surface area contributed by atoms with Crippen LogP contribution in [0.3, 0.4) is 0 Å². The predicted octanol–water partition coefficient (Wildman–Crippen LogP) is 6.33. The van der Waals surface area contributed by atoms with Crippen LogP contribution in [0.2, 0.25) is 0 Å². The van der Waals surface area contributed by atoms with Crippen molar-refractivity contribution in [3.63, 3.8) is 0 Å². The van der Waals surface area contributed by atoms with E-state index in [0.29, 0.717) is 0 Å². The monoisotopic (exact) mass is 298 g/mol. The van der Waals surface area contributed by atoms with Gasteiger partial charge in [0.05, 0.1) is 0 Å². The van der Waals surface area contributed by atoms with Crippen molar-refractivity contribution in [1.29, 1.82) is 0 Å². The zero-order valence-electron chi connectivity index (χ0n) is 15.5. The number of hydrogen-bond donors (Lipinski definition) is 0. The topological polar surface area (TPSA) is 0 Å². The summed E-state index contributed by atoms with van der Waals surface area (Å²) in [4.78, 5) is 0. The largest absolute Gasteiger partial charge is 0.118 e. The highest BCUT2D eigenvalue weighted by molar-refractivity contribution is 7.57. The molecule has 0 amide bonds. The summed E-state index contributed by atoms with van der Waals surface area (Å²) in [6, 6.07) is 0. The number of allylic oxidation sites excluding steroid dienone is 2. The fourth-order valence-electron chi connectivity index (χ4n) is 3.05. The first-order valence-electron chi connectivity index (χ1n) is 8.63. The van der Waals surface area contributed by atoms with Gasteiger partial charge in [-0.1, -0.05) is 72.3 Å². The van der Waals surface area contributed by atoms with Gasteiger partial charge in [0.1, 0.15) is 0 Å². The SMILES string of the molecule is C/C=C(\CC)C(C)/[PH](C)=C\C(C(C)CC)C(C)C(C)C. The predicted molar refractivity (Wildman–Crippen MR) is 101 cm³/mol. The highest BCUT2D eigenvalue weighted by Gasteiger charge is 2.23. The van der Waals surface area contributed by atoms with Crippen LogP contribution in [-0.4, -0.2) is 18.1 Å². The second kappa shape index (κ2) is 9.88. The second-order valence-corrected chi connectivity index (χ2v) is 9.60. The first-order chi connectivity index (χ1) is 9.29. The lowest BCUT2D eigenvalue weighted by atomic mass is 9.78. The Labute approximate surface area is 129 Å². The summed E-state index contributed by atoms with van der Waals surface area (Å²) in [5.74, 6) is 5.95. The van der Waals surface area contributed by atoms with Crippen molar-refractivity contribution in [2.24, 2.45) is 23.7 Å². The Bertz CT molecular complexity index is 325. The molecule has 20 heavy (non-hydrogen) atoms. The molecule has 0 saturated heterocycles. The first-order valence-corrected chi connectivity index (χ1v) is 10.8. The lowest BCUT2D eigenvalue weighted by molar-refractivity contribution is 0.272. The third-order valence-electron chi connectivity index (χ3n) is 5.43. The van der Waals surface area contributed by atoms with E-state index in [4.69, 9.17) is 0 Å². The van der Waals surface area contributed by atoms with Crippen molar-refractivity contribution < 1.29 is 0 Å². The molecule has 0 heterocycles. The molecular weight excluding hydrogens is 259 g/mol. The third-order valence-corrected chi connectivity index (χ3v) is 8.08. The van der Waals surface area contributed by atoms with Gasteiger partial charge in [0, 0.05) is 0 Å². The van der Waals surface area contributed by atoms with Crippen LogP contribution in [0.5, 0.6) is 0 Å². The summed E-state index contributed by atoms with van der Waals surface area (Å²) in [6.07, 6.45) is 4.85. The molecule has 0 aliphatic carbocycles. The zero-order valence-corrected chi connectivity index (χ0v) is 16.5. The molecule has 0 radical (unpaired) electrons. The maximum Gasteiger partial charge on any atom is -0.00599 e. The van der Waals surface area contributed by atoms with E-state index in [9.17, 15) is 0 Å². The summed E-state index contributed by atoms with van der Waals surface area (Å²) in [5, 5.41) is 0. The van der Waals surface area contributed by atoms with Crippen LogP contribution in [0.15, 0.2) is 11.6 Å². The van der Waals surface area contributed by atoms with Gasteiger partial charge in [-0.3, -0.25) is 0 Å². The van der Waals surface area contributed by atoms with E-state index in [1.807, 2.05) is 0 Å². The molecule has 120 valence electrons. The number of rotatable bonds is 8. The molecule has 0 aliphatic rings. The van der Waals surface area contributed by atoms with Gasteiger partial charge >= 0.3 is 0 Å². The summed E-state index contributed by atoms with van der Waals surface area (Å²) < 4.78 is 0. The summed E-state index contributed by atoms with van der Waals surface area (Å²) >= 11 is 0. The van der Waals surface area contributed by atoms with Crippen LogP contribution in [0.1, 0.15) is 68.2 Å². The normalized spacial score (nSPS) is 20.8. The van der Waals surface area contributed by atoms with Gasteiger partial charge in [0.15, 0.2) is 0 Å². The van der Waals surface area contributed by atoms with Gasteiger partial charge in [-0.05, 0) is 49.3 Å². The van der Waals surface area contributed by atoms with Crippen LogP contribution in [0.4, 0.5) is 0 Å². The highest BCUT2D eigenvalue weighted by atomic mass is 31.1. The second-order valence-electron chi connectivity index (χ2n) is 6.92. The van der Waals surface area contributed by atoms with E-state index in [1.165, 1.54) is 12.8 Å². The molecule has 0 aromatic heterocycles. The third kappa shape index (κ3) is 5.80. The lowest BCUT2D eigenvalue weighted by Crippen LogP contribution is -2.25. The molecule has 0 aromatic carbocycles. The van der Waals surface area contributed by atoms with Gasteiger partial charge in [-0.15, -0.1) is 7.55 Å². The van der Waals surface area contributed by atoms with E-state index in [-0.39, 0.29) is 0 Å². The molecule has 1 heteroatoms. The minimum absolute atomic E-state index is 0.414. The maximum atomic E-state index is 2.77. The first kappa shape index (κ1) is 20.0. The van der Waals surface area contributed by atoms with E-state index in [2.05, 4.69) is 73.9 Å². The molecule has 0 rings (SSSR count). The molecule has 0 aromatic rings. The minimum Gasteiger partial charge on any atom is -0.118 e. The van der Waals surface area contributed by atoms with Gasteiger partial charge in [0.25, 0.3) is 0 Å². The van der Waals surface area contributed by atoms with E-state index in [1.54, 1.807) is 5.57 Å². The molecule has 0 nitrogen and oxygen atoms in total. The van der Waals surface area contributed by atoms with Gasteiger partial charge in [-0.25, -0.2) is 0 Å². The Morgan fingerprint density at radius 1 is 1.05 bits per heavy atom. The highest BCUT2D eigenvalue weighted by Crippen LogP contribution is 2.37. The van der Waals surface area contributed by atoms with Gasteiger partial charge in [-0.2, -0.15) is 0 Å². The van der Waals surface area contributed by atoms with Crippen molar-refractivity contribution in [1.82, 2.24) is 0 Å². The summed E-state index contributed by atoms with van der Waals surface area (Å²) in [7, 11) is -0.414. The van der Waals surface area contributed by atoms with E-state index >= 15 is 0 Å². The Kier molecular flexibility index (Phi) is 9.90. The van der Waals surface area contributed by atoms with Crippen molar-refractivity contribution in [2.75, 3.05) is 6.66 Å². The standard InChI is InChI=1S/C19H39P/c1-10-15(6)19(16(7)14(4)5)13-20(9)17(8)18(11-2)12-3/h11,13-17,19-20H,10,12H2,1-9H3/b18-11+. The zero-order chi connectivity index (χ0) is 15.9. The van der Waals surface area contributed by atoms with Crippen LogP contribution in [-0.2, 0) is 0 Å². The maximum absolute atomic E-state index is 2.77. The van der Waals surface area contributed by atoms with E-state index in [0.717, 1.165) is 29.3 Å².